The minimum atomic E-state index is 0.512. The number of hydrogen-bond donors (Lipinski definition) is 1. The van der Waals surface area contributed by atoms with Crippen LogP contribution in [0, 0.1) is 0 Å². The van der Waals surface area contributed by atoms with E-state index in [4.69, 9.17) is 14.8 Å². The third-order valence-electron chi connectivity index (χ3n) is 5.74. The molecule has 0 saturated heterocycles. The molecule has 3 heterocycles. The van der Waals surface area contributed by atoms with Crippen molar-refractivity contribution < 1.29 is 4.74 Å². The van der Waals surface area contributed by atoms with Gasteiger partial charge < -0.3 is 10.1 Å². The van der Waals surface area contributed by atoms with Crippen LogP contribution in [0.3, 0.4) is 0 Å². The van der Waals surface area contributed by atoms with E-state index < -0.39 is 0 Å². The van der Waals surface area contributed by atoms with E-state index in [0.29, 0.717) is 12.6 Å². The second-order valence-corrected chi connectivity index (χ2v) is 8.18. The van der Waals surface area contributed by atoms with Crippen LogP contribution in [0.15, 0.2) is 116 Å². The molecule has 174 valence electrons. The highest BCUT2D eigenvalue weighted by Gasteiger charge is 2.19. The number of anilines is 2. The second kappa shape index (κ2) is 9.68. The first-order valence-electron chi connectivity index (χ1n) is 11.6. The van der Waals surface area contributed by atoms with Crippen LogP contribution in [0.25, 0.3) is 28.0 Å². The molecule has 0 amide bonds. The molecule has 0 saturated carbocycles. The average Bonchev–Trinajstić information content (AvgIpc) is 3.33. The SMILES string of the molecule is c1ccc(COc2ccc(-c3nn4ncccc4c3-c3ccnc(Nc4ccccc4)n3)cc2)cc1. The molecule has 6 rings (SSSR count). The number of nitrogens with one attached hydrogen (secondary N) is 1. The molecule has 0 atom stereocenters. The highest BCUT2D eigenvalue weighted by molar-refractivity contribution is 5.90. The largest absolute Gasteiger partial charge is 0.489 e. The van der Waals surface area contributed by atoms with E-state index in [1.807, 2.05) is 103 Å². The van der Waals surface area contributed by atoms with E-state index in [1.54, 1.807) is 17.0 Å². The summed E-state index contributed by atoms with van der Waals surface area (Å²) in [5.74, 6) is 1.31. The van der Waals surface area contributed by atoms with Crippen LogP contribution in [0.4, 0.5) is 11.6 Å². The lowest BCUT2D eigenvalue weighted by Crippen LogP contribution is -1.98. The van der Waals surface area contributed by atoms with Gasteiger partial charge >= 0.3 is 0 Å². The third-order valence-corrected chi connectivity index (χ3v) is 5.74. The van der Waals surface area contributed by atoms with Crippen LogP contribution in [0.5, 0.6) is 5.75 Å². The normalized spacial score (nSPS) is 10.9. The lowest BCUT2D eigenvalue weighted by molar-refractivity contribution is 0.306. The van der Waals surface area contributed by atoms with Gasteiger partial charge in [-0.05, 0) is 60.2 Å². The van der Waals surface area contributed by atoms with Crippen molar-refractivity contribution in [1.29, 1.82) is 0 Å². The number of hydrogen-bond acceptors (Lipinski definition) is 6. The Hall–Kier alpha value is -5.04. The molecule has 0 bridgehead atoms. The number of benzene rings is 3. The van der Waals surface area contributed by atoms with Gasteiger partial charge in [0.05, 0.1) is 16.8 Å². The van der Waals surface area contributed by atoms with Crippen LogP contribution in [0.1, 0.15) is 5.56 Å². The molecule has 0 aliphatic rings. The van der Waals surface area contributed by atoms with Gasteiger partial charge in [0.25, 0.3) is 0 Å². The van der Waals surface area contributed by atoms with Crippen LogP contribution in [-0.2, 0) is 6.61 Å². The minimum Gasteiger partial charge on any atom is -0.489 e. The average molecular weight is 471 g/mol. The Kier molecular flexibility index (Phi) is 5.78. The summed E-state index contributed by atoms with van der Waals surface area (Å²) in [6.45, 7) is 0.516. The molecule has 7 heteroatoms. The molecular weight excluding hydrogens is 448 g/mol. The topological polar surface area (TPSA) is 77.2 Å². The van der Waals surface area contributed by atoms with E-state index in [1.165, 1.54) is 0 Å². The van der Waals surface area contributed by atoms with E-state index in [0.717, 1.165) is 45.0 Å². The van der Waals surface area contributed by atoms with E-state index in [9.17, 15) is 0 Å². The lowest BCUT2D eigenvalue weighted by atomic mass is 10.0. The smallest absolute Gasteiger partial charge is 0.227 e. The molecule has 0 spiro atoms. The van der Waals surface area contributed by atoms with Crippen molar-refractivity contribution in [1.82, 2.24) is 24.8 Å². The molecule has 0 radical (unpaired) electrons. The quantitative estimate of drug-likeness (QED) is 0.300. The van der Waals surface area contributed by atoms with Gasteiger partial charge in [-0.15, -0.1) is 5.10 Å². The van der Waals surface area contributed by atoms with Gasteiger partial charge in [0, 0.05) is 23.6 Å². The van der Waals surface area contributed by atoms with Crippen LogP contribution < -0.4 is 10.1 Å². The second-order valence-electron chi connectivity index (χ2n) is 8.18. The highest BCUT2D eigenvalue weighted by Crippen LogP contribution is 2.35. The fourth-order valence-corrected chi connectivity index (χ4v) is 4.01. The Balaban J connectivity index is 1.34. The fourth-order valence-electron chi connectivity index (χ4n) is 4.01. The molecule has 0 aliphatic heterocycles. The van der Waals surface area contributed by atoms with Gasteiger partial charge in [-0.2, -0.15) is 9.73 Å². The maximum absolute atomic E-state index is 5.96. The number of nitrogens with zero attached hydrogens (tertiary/aromatic N) is 5. The summed E-state index contributed by atoms with van der Waals surface area (Å²) in [6, 6.07) is 33.7. The summed E-state index contributed by atoms with van der Waals surface area (Å²) in [5.41, 5.74) is 6.28. The number of fused-ring (bicyclic) bond motifs is 1. The molecule has 7 nitrogen and oxygen atoms in total. The summed E-state index contributed by atoms with van der Waals surface area (Å²) in [7, 11) is 0. The van der Waals surface area contributed by atoms with Crippen molar-refractivity contribution in [3.63, 3.8) is 0 Å². The first-order valence-corrected chi connectivity index (χ1v) is 11.6. The Morgan fingerprint density at radius 2 is 1.53 bits per heavy atom. The maximum Gasteiger partial charge on any atom is 0.227 e. The lowest BCUT2D eigenvalue weighted by Gasteiger charge is -2.09. The molecule has 3 aromatic heterocycles. The van der Waals surface area contributed by atoms with E-state index in [-0.39, 0.29) is 0 Å². The maximum atomic E-state index is 5.96. The molecule has 0 aliphatic carbocycles. The van der Waals surface area contributed by atoms with Gasteiger partial charge in [0.2, 0.25) is 5.95 Å². The number of ether oxygens (including phenoxy) is 1. The summed E-state index contributed by atoms with van der Waals surface area (Å²) >= 11 is 0. The van der Waals surface area contributed by atoms with Crippen molar-refractivity contribution in [2.45, 2.75) is 6.61 Å². The van der Waals surface area contributed by atoms with Gasteiger partial charge in [-0.3, -0.25) is 0 Å². The fraction of sp³-hybridized carbons (Fsp3) is 0.0345. The van der Waals surface area contributed by atoms with E-state index >= 15 is 0 Å². The molecule has 6 aromatic rings. The van der Waals surface area contributed by atoms with Gasteiger partial charge in [-0.25, -0.2) is 9.97 Å². The third kappa shape index (κ3) is 4.50. The van der Waals surface area contributed by atoms with Crippen molar-refractivity contribution in [2.24, 2.45) is 0 Å². The standard InChI is InChI=1S/C29H22N6O/c1-3-8-21(9-4-1)20-36-24-15-13-22(14-16-24)28-27(26-12-7-18-31-35(26)34-28)25-17-19-30-29(33-25)32-23-10-5-2-6-11-23/h1-19H,20H2,(H,30,32,33). The van der Waals surface area contributed by atoms with Crippen LogP contribution in [0.2, 0.25) is 0 Å². The summed E-state index contributed by atoms with van der Waals surface area (Å²) in [5, 5.41) is 12.5. The predicted octanol–water partition coefficient (Wildman–Crippen LogP) is 6.18. The van der Waals surface area contributed by atoms with Gasteiger partial charge in [-0.1, -0.05) is 48.5 Å². The summed E-state index contributed by atoms with van der Waals surface area (Å²) in [4.78, 5) is 9.20. The van der Waals surface area contributed by atoms with Gasteiger partial charge in [0.15, 0.2) is 0 Å². The Morgan fingerprint density at radius 1 is 0.750 bits per heavy atom. The van der Waals surface area contributed by atoms with Gasteiger partial charge in [0.1, 0.15) is 18.1 Å². The molecule has 1 N–H and O–H groups in total. The Morgan fingerprint density at radius 3 is 2.33 bits per heavy atom. The highest BCUT2D eigenvalue weighted by atomic mass is 16.5. The van der Waals surface area contributed by atoms with E-state index in [2.05, 4.69) is 15.4 Å². The molecular formula is C29H22N6O. The minimum absolute atomic E-state index is 0.512. The molecule has 0 fully saturated rings. The zero-order valence-electron chi connectivity index (χ0n) is 19.3. The first kappa shape index (κ1) is 21.5. The van der Waals surface area contributed by atoms with Crippen LogP contribution >= 0.6 is 0 Å². The zero-order chi connectivity index (χ0) is 24.2. The first-order chi connectivity index (χ1) is 17.8. The summed E-state index contributed by atoms with van der Waals surface area (Å²) < 4.78 is 7.60. The Labute approximate surface area is 208 Å². The van der Waals surface area contributed by atoms with Crippen molar-refractivity contribution in [2.75, 3.05) is 5.32 Å². The monoisotopic (exact) mass is 470 g/mol. The van der Waals surface area contributed by atoms with Crippen LogP contribution in [-0.4, -0.2) is 24.8 Å². The van der Waals surface area contributed by atoms with Crippen molar-refractivity contribution >= 4 is 17.2 Å². The number of rotatable bonds is 7. The molecule has 3 aromatic carbocycles. The number of para-hydroxylation sites is 1. The number of aromatic nitrogens is 5. The zero-order valence-corrected chi connectivity index (χ0v) is 19.3. The predicted molar refractivity (Wildman–Crippen MR) is 140 cm³/mol. The summed E-state index contributed by atoms with van der Waals surface area (Å²) in [6.07, 6.45) is 3.47. The molecule has 36 heavy (non-hydrogen) atoms. The van der Waals surface area contributed by atoms with Crippen molar-refractivity contribution in [3.8, 4) is 28.3 Å². The Bertz CT molecular complexity index is 1600. The molecule has 0 unspecified atom stereocenters. The van der Waals surface area contributed by atoms with Crippen molar-refractivity contribution in [3.05, 3.63) is 121 Å².